The molecular formula is C31H39BrN4O4S. The molecule has 3 N–H and O–H groups in total. The van der Waals surface area contributed by atoms with Crippen molar-refractivity contribution in [2.75, 3.05) is 41.8 Å². The third kappa shape index (κ3) is 5.62. The molecule has 0 radical (unpaired) electrons. The summed E-state index contributed by atoms with van der Waals surface area (Å²) in [5, 5.41) is 15.3. The van der Waals surface area contributed by atoms with Gasteiger partial charge in [-0.25, -0.2) is 0 Å². The highest BCUT2D eigenvalue weighted by molar-refractivity contribution is 9.09. The van der Waals surface area contributed by atoms with E-state index in [2.05, 4.69) is 45.3 Å². The number of nitrogens with one attached hydrogen (secondary N) is 2. The van der Waals surface area contributed by atoms with Crippen LogP contribution >= 0.6 is 27.7 Å². The minimum Gasteiger partial charge on any atom is -0.396 e. The van der Waals surface area contributed by atoms with Gasteiger partial charge in [-0.15, -0.1) is 11.8 Å². The number of benzene rings is 2. The van der Waals surface area contributed by atoms with Crippen LogP contribution in [0.3, 0.4) is 0 Å². The number of carbonyl (C=O) groups is 3. The molecule has 3 aliphatic heterocycles. The number of carbonyl (C=O) groups excluding carboxylic acids is 3. The molecule has 41 heavy (non-hydrogen) atoms. The van der Waals surface area contributed by atoms with Crippen molar-refractivity contribution in [1.82, 2.24) is 4.90 Å². The van der Waals surface area contributed by atoms with Crippen molar-refractivity contribution in [3.05, 3.63) is 54.6 Å². The summed E-state index contributed by atoms with van der Waals surface area (Å²) in [7, 11) is 0. The van der Waals surface area contributed by atoms with E-state index in [1.54, 1.807) is 16.7 Å². The summed E-state index contributed by atoms with van der Waals surface area (Å²) >= 11 is 5.46. The van der Waals surface area contributed by atoms with Crippen LogP contribution in [0.5, 0.6) is 0 Å². The Hall–Kier alpha value is -2.56. The van der Waals surface area contributed by atoms with Crippen molar-refractivity contribution in [1.29, 1.82) is 0 Å². The summed E-state index contributed by atoms with van der Waals surface area (Å²) in [5.41, 5.74) is 2.47. The van der Waals surface area contributed by atoms with E-state index in [9.17, 15) is 19.5 Å². The first-order chi connectivity index (χ1) is 19.8. The van der Waals surface area contributed by atoms with Crippen molar-refractivity contribution in [2.24, 2.45) is 11.8 Å². The number of aliphatic hydroxyl groups excluding tert-OH is 1. The molecule has 0 aliphatic carbocycles. The maximum Gasteiger partial charge on any atom is 0.248 e. The van der Waals surface area contributed by atoms with Crippen LogP contribution in [0.2, 0.25) is 0 Å². The standard InChI is InChI=1S/C31H39BrN4O4S/c1-3-35(4-2)22-15-13-21(14-16-22)34-29(39)27-31-19-23(32)26(41-31)24(28(38)33-20-11-7-5-8-12-20)25(31)30(40)36(27)17-9-6-10-18-37/h5,7-8,11-16,23-27,37H,3-4,6,9-10,17-19H2,1-2H3,(H,33,38)(H,34,39)/t23?,24-,25-,26-,27?,31?/m0/s1. The number of halogens is 1. The minimum absolute atomic E-state index is 0.0149. The van der Waals surface area contributed by atoms with E-state index in [-0.39, 0.29) is 34.4 Å². The maximum absolute atomic E-state index is 14.1. The van der Waals surface area contributed by atoms with Crippen LogP contribution in [-0.4, -0.2) is 74.8 Å². The number of amides is 3. The third-order valence-electron chi connectivity index (χ3n) is 8.70. The molecule has 6 atom stereocenters. The van der Waals surface area contributed by atoms with Crippen LogP contribution in [0.1, 0.15) is 39.5 Å². The molecule has 0 saturated carbocycles. The fourth-order valence-electron chi connectivity index (χ4n) is 6.84. The van der Waals surface area contributed by atoms with E-state index in [0.29, 0.717) is 37.2 Å². The maximum atomic E-state index is 14.1. The Morgan fingerprint density at radius 1 is 1.00 bits per heavy atom. The molecule has 3 heterocycles. The third-order valence-corrected chi connectivity index (χ3v) is 11.9. The van der Waals surface area contributed by atoms with Gasteiger partial charge in [0.2, 0.25) is 17.7 Å². The monoisotopic (exact) mass is 642 g/mol. The van der Waals surface area contributed by atoms with Gasteiger partial charge in [0.1, 0.15) is 6.04 Å². The van der Waals surface area contributed by atoms with E-state index in [1.807, 2.05) is 54.6 Å². The van der Waals surface area contributed by atoms with Crippen molar-refractivity contribution >= 4 is 62.5 Å². The average molecular weight is 644 g/mol. The Morgan fingerprint density at radius 3 is 2.32 bits per heavy atom. The predicted octanol–water partition coefficient (Wildman–Crippen LogP) is 4.74. The Morgan fingerprint density at radius 2 is 1.66 bits per heavy atom. The number of fused-ring (bicyclic) bond motifs is 1. The Labute approximate surface area is 254 Å². The average Bonchev–Trinajstić information content (AvgIpc) is 3.56. The molecule has 3 aliphatic rings. The number of unbranched alkanes of at least 4 members (excludes halogenated alkanes) is 2. The number of rotatable bonds is 12. The number of para-hydroxylation sites is 1. The molecule has 3 saturated heterocycles. The molecule has 2 bridgehead atoms. The highest BCUT2D eigenvalue weighted by Crippen LogP contribution is 2.67. The number of nitrogens with zero attached hydrogens (tertiary/aromatic N) is 2. The number of thioether (sulfide) groups is 1. The van der Waals surface area contributed by atoms with Crippen LogP contribution in [0.4, 0.5) is 17.1 Å². The number of hydrogen-bond donors (Lipinski definition) is 3. The molecule has 8 nitrogen and oxygen atoms in total. The second kappa shape index (κ2) is 12.8. The molecule has 3 unspecified atom stereocenters. The highest BCUT2D eigenvalue weighted by Gasteiger charge is 2.75. The molecule has 1 spiro atoms. The van der Waals surface area contributed by atoms with Crippen LogP contribution in [0, 0.1) is 11.8 Å². The molecule has 3 fully saturated rings. The summed E-state index contributed by atoms with van der Waals surface area (Å²) in [5.74, 6) is -1.62. The minimum atomic E-state index is -0.698. The summed E-state index contributed by atoms with van der Waals surface area (Å²) in [6.45, 7) is 6.53. The Bertz CT molecular complexity index is 1240. The van der Waals surface area contributed by atoms with Crippen molar-refractivity contribution in [3.8, 4) is 0 Å². The lowest BCUT2D eigenvalue weighted by Gasteiger charge is -2.35. The normalized spacial score (nSPS) is 28.0. The first kappa shape index (κ1) is 29.9. The number of anilines is 3. The largest absolute Gasteiger partial charge is 0.396 e. The Kier molecular flexibility index (Phi) is 9.30. The van der Waals surface area contributed by atoms with E-state index >= 15 is 0 Å². The highest BCUT2D eigenvalue weighted by atomic mass is 79.9. The van der Waals surface area contributed by atoms with Gasteiger partial charge in [-0.1, -0.05) is 34.1 Å². The van der Waals surface area contributed by atoms with Crippen molar-refractivity contribution in [2.45, 2.75) is 60.4 Å². The van der Waals surface area contributed by atoms with E-state index < -0.39 is 22.6 Å². The van der Waals surface area contributed by atoms with Gasteiger partial charge in [-0.3, -0.25) is 14.4 Å². The van der Waals surface area contributed by atoms with Gasteiger partial charge in [0, 0.05) is 53.4 Å². The van der Waals surface area contributed by atoms with E-state index in [4.69, 9.17) is 0 Å². The van der Waals surface area contributed by atoms with Gasteiger partial charge in [0.25, 0.3) is 0 Å². The first-order valence-electron chi connectivity index (χ1n) is 14.6. The van der Waals surface area contributed by atoms with Crippen LogP contribution in [0.25, 0.3) is 0 Å². The fraction of sp³-hybridized carbons (Fsp3) is 0.516. The lowest BCUT2D eigenvalue weighted by Crippen LogP contribution is -2.52. The van der Waals surface area contributed by atoms with Gasteiger partial charge >= 0.3 is 0 Å². The second-order valence-electron chi connectivity index (χ2n) is 11.0. The topological polar surface area (TPSA) is 102 Å². The van der Waals surface area contributed by atoms with E-state index in [1.165, 1.54) is 0 Å². The molecule has 10 heteroatoms. The number of likely N-dealkylation sites (tertiary alicyclic amines) is 1. The summed E-state index contributed by atoms with van der Waals surface area (Å²) in [4.78, 5) is 45.9. The van der Waals surface area contributed by atoms with Crippen LogP contribution < -0.4 is 15.5 Å². The molecule has 5 rings (SSSR count). The lowest BCUT2D eigenvalue weighted by molar-refractivity contribution is -0.138. The SMILES string of the molecule is CCN(CC)c1ccc(NC(=O)C2N(CCCCCO)C(=O)[C@@H]3[C@H](C(=O)Nc4ccccc4)[C@H]4SC23CC4Br)cc1. The van der Waals surface area contributed by atoms with Crippen LogP contribution in [-0.2, 0) is 14.4 Å². The van der Waals surface area contributed by atoms with Gasteiger partial charge in [0.15, 0.2) is 0 Å². The zero-order valence-corrected chi connectivity index (χ0v) is 26.0. The first-order valence-corrected chi connectivity index (χ1v) is 16.4. The van der Waals surface area contributed by atoms with E-state index in [0.717, 1.165) is 25.2 Å². The predicted molar refractivity (Wildman–Crippen MR) is 169 cm³/mol. The lowest BCUT2D eigenvalue weighted by atomic mass is 9.70. The fourth-order valence-corrected chi connectivity index (χ4v) is 10.5. The van der Waals surface area contributed by atoms with Gasteiger partial charge in [-0.2, -0.15) is 0 Å². The molecule has 3 amide bonds. The van der Waals surface area contributed by atoms with Crippen molar-refractivity contribution in [3.63, 3.8) is 0 Å². The Balaban J connectivity index is 1.43. The summed E-state index contributed by atoms with van der Waals surface area (Å²) in [6, 6.07) is 16.4. The number of alkyl halides is 1. The quantitative estimate of drug-likeness (QED) is 0.228. The zero-order valence-electron chi connectivity index (χ0n) is 23.6. The van der Waals surface area contributed by atoms with Gasteiger partial charge in [-0.05, 0) is 75.9 Å². The number of aliphatic hydroxyl groups is 1. The molecule has 220 valence electrons. The summed E-state index contributed by atoms with van der Waals surface area (Å²) < 4.78 is -0.698. The van der Waals surface area contributed by atoms with Gasteiger partial charge < -0.3 is 25.5 Å². The van der Waals surface area contributed by atoms with Crippen molar-refractivity contribution < 1.29 is 19.5 Å². The van der Waals surface area contributed by atoms with Gasteiger partial charge in [0.05, 0.1) is 16.6 Å². The van der Waals surface area contributed by atoms with Crippen LogP contribution in [0.15, 0.2) is 54.6 Å². The second-order valence-corrected chi connectivity index (χ2v) is 13.8. The molecule has 0 aromatic heterocycles. The number of hydrogen-bond acceptors (Lipinski definition) is 6. The summed E-state index contributed by atoms with van der Waals surface area (Å²) in [6.07, 6.45) is 2.73. The molecule has 2 aromatic carbocycles. The molecular weight excluding hydrogens is 604 g/mol. The smallest absolute Gasteiger partial charge is 0.248 e. The zero-order chi connectivity index (χ0) is 29.1. The molecule has 2 aromatic rings.